The summed E-state index contributed by atoms with van der Waals surface area (Å²) in [6, 6.07) is 8.12. The molecule has 23 heavy (non-hydrogen) atoms. The summed E-state index contributed by atoms with van der Waals surface area (Å²) in [6.07, 6.45) is -0.502. The Labute approximate surface area is 149 Å². The topological polar surface area (TPSA) is 75.6 Å². The molecule has 0 aliphatic rings. The summed E-state index contributed by atoms with van der Waals surface area (Å²) in [5.41, 5.74) is 2.09. The van der Waals surface area contributed by atoms with Crippen molar-refractivity contribution in [2.75, 3.05) is 11.5 Å². The van der Waals surface area contributed by atoms with Gasteiger partial charge in [0, 0.05) is 16.3 Å². The molecule has 0 saturated carbocycles. The first kappa shape index (κ1) is 19.7. The molecule has 1 amide bonds. The van der Waals surface area contributed by atoms with Crippen LogP contribution in [0.4, 0.5) is 4.79 Å². The van der Waals surface area contributed by atoms with Gasteiger partial charge in [-0.25, -0.2) is 9.59 Å². The zero-order valence-electron chi connectivity index (χ0n) is 12.2. The van der Waals surface area contributed by atoms with Gasteiger partial charge in [-0.3, -0.25) is 0 Å². The first-order valence-corrected chi connectivity index (χ1v) is 8.72. The fourth-order valence-electron chi connectivity index (χ4n) is 1.57. The summed E-state index contributed by atoms with van der Waals surface area (Å²) in [5.74, 6) is -0.103. The minimum absolute atomic E-state index is 0.0872. The Kier molecular flexibility index (Phi) is 9.59. The zero-order valence-corrected chi connectivity index (χ0v) is 14.5. The van der Waals surface area contributed by atoms with E-state index in [2.05, 4.69) is 5.32 Å². The molecule has 0 heterocycles. The molecule has 0 radical (unpaired) electrons. The van der Waals surface area contributed by atoms with E-state index >= 15 is 0 Å². The summed E-state index contributed by atoms with van der Waals surface area (Å²) >= 11 is 12.6. The molecular formula is C15H17Cl2NO4S. The summed E-state index contributed by atoms with van der Waals surface area (Å²) in [4.78, 5) is 22.8. The van der Waals surface area contributed by atoms with Crippen molar-refractivity contribution in [2.45, 2.75) is 19.1 Å². The van der Waals surface area contributed by atoms with Gasteiger partial charge in [0.2, 0.25) is 0 Å². The average molecular weight is 378 g/mol. The Morgan fingerprint density at radius 3 is 2.65 bits per heavy atom. The molecule has 1 rings (SSSR count). The molecule has 126 valence electrons. The number of rotatable bonds is 9. The van der Waals surface area contributed by atoms with Gasteiger partial charge in [0.25, 0.3) is 0 Å². The molecule has 0 saturated heterocycles. The van der Waals surface area contributed by atoms with Crippen molar-refractivity contribution in [1.82, 2.24) is 5.32 Å². The number of carboxylic acid groups (broad SMARTS) is 1. The lowest BCUT2D eigenvalue weighted by atomic mass is 10.2. The van der Waals surface area contributed by atoms with Crippen molar-refractivity contribution in [1.29, 1.82) is 0 Å². The number of carbonyl (C=O) groups is 2. The van der Waals surface area contributed by atoms with Crippen LogP contribution in [0.1, 0.15) is 12.0 Å². The van der Waals surface area contributed by atoms with E-state index < -0.39 is 18.1 Å². The summed E-state index contributed by atoms with van der Waals surface area (Å²) in [7, 11) is 0. The van der Waals surface area contributed by atoms with Gasteiger partial charge in [-0.1, -0.05) is 53.5 Å². The average Bonchev–Trinajstić information content (AvgIpc) is 2.56. The number of thioether (sulfide) groups is 1. The third-order valence-corrected chi connectivity index (χ3v) is 4.53. The maximum absolute atomic E-state index is 11.7. The maximum Gasteiger partial charge on any atom is 0.408 e. The molecule has 1 unspecified atom stereocenters. The number of hydrogen-bond donors (Lipinski definition) is 2. The smallest absolute Gasteiger partial charge is 0.408 e. The number of hydrogen-bond acceptors (Lipinski definition) is 4. The molecule has 2 N–H and O–H groups in total. The minimum Gasteiger partial charge on any atom is -0.480 e. The quantitative estimate of drug-likeness (QED) is 0.639. The van der Waals surface area contributed by atoms with Crippen LogP contribution < -0.4 is 5.32 Å². The lowest BCUT2D eigenvalue weighted by Crippen LogP contribution is -2.41. The predicted octanol–water partition coefficient (Wildman–Crippen LogP) is 3.81. The lowest BCUT2D eigenvalue weighted by Gasteiger charge is -2.14. The van der Waals surface area contributed by atoms with Gasteiger partial charge in [0.1, 0.15) is 12.6 Å². The number of carbonyl (C=O) groups excluding carboxylic acids is 1. The third kappa shape index (κ3) is 8.74. The third-order valence-electron chi connectivity index (χ3n) is 2.71. The molecule has 1 aromatic rings. The molecule has 0 aliphatic carbocycles. The van der Waals surface area contributed by atoms with Crippen LogP contribution >= 0.6 is 35.0 Å². The second-order valence-electron chi connectivity index (χ2n) is 4.49. The van der Waals surface area contributed by atoms with E-state index in [9.17, 15) is 9.59 Å². The van der Waals surface area contributed by atoms with Gasteiger partial charge in [-0.15, -0.1) is 0 Å². The van der Waals surface area contributed by atoms with Gasteiger partial charge < -0.3 is 15.2 Å². The molecule has 1 atom stereocenters. The van der Waals surface area contributed by atoms with E-state index in [4.69, 9.17) is 33.0 Å². The molecule has 0 spiro atoms. The second kappa shape index (κ2) is 11.2. The van der Waals surface area contributed by atoms with Crippen LogP contribution in [-0.2, 0) is 16.1 Å². The van der Waals surface area contributed by atoms with Crippen molar-refractivity contribution in [3.05, 3.63) is 46.5 Å². The number of halogens is 2. The van der Waals surface area contributed by atoms with Crippen molar-refractivity contribution in [2.24, 2.45) is 0 Å². The van der Waals surface area contributed by atoms with Gasteiger partial charge in [0.15, 0.2) is 0 Å². The number of nitrogens with one attached hydrogen (secondary N) is 1. The Morgan fingerprint density at radius 1 is 1.35 bits per heavy atom. The van der Waals surface area contributed by atoms with E-state index in [1.165, 1.54) is 17.3 Å². The molecular weight excluding hydrogens is 361 g/mol. The summed E-state index contributed by atoms with van der Waals surface area (Å²) < 4.78 is 5.00. The molecule has 1 aromatic carbocycles. The Balaban J connectivity index is 2.33. The fraction of sp³-hybridized carbons (Fsp3) is 0.333. The van der Waals surface area contributed by atoms with E-state index in [-0.39, 0.29) is 13.0 Å². The van der Waals surface area contributed by atoms with Crippen LogP contribution in [0.15, 0.2) is 40.9 Å². The standard InChI is InChI=1S/C15H17Cl2NO4S/c16-8-12(17)10-23-7-6-13(14(19)20)18-15(21)22-9-11-4-2-1-3-5-11/h1-5,8,13H,6-7,9-10H2,(H,18,21)(H,19,20)/b12-8-. The van der Waals surface area contributed by atoms with Crippen LogP contribution in [0.25, 0.3) is 0 Å². The highest BCUT2D eigenvalue weighted by atomic mass is 35.5. The van der Waals surface area contributed by atoms with E-state index in [0.29, 0.717) is 16.5 Å². The summed E-state index contributed by atoms with van der Waals surface area (Å²) in [6.45, 7) is 0.0872. The maximum atomic E-state index is 11.7. The highest BCUT2D eigenvalue weighted by Gasteiger charge is 2.20. The van der Waals surface area contributed by atoms with Crippen LogP contribution in [-0.4, -0.2) is 34.7 Å². The number of benzene rings is 1. The molecule has 0 aliphatic heterocycles. The van der Waals surface area contributed by atoms with Gasteiger partial charge in [-0.2, -0.15) is 11.8 Å². The minimum atomic E-state index is -1.11. The number of ether oxygens (including phenoxy) is 1. The van der Waals surface area contributed by atoms with Gasteiger partial charge in [0.05, 0.1) is 0 Å². The predicted molar refractivity (Wildman–Crippen MR) is 92.9 cm³/mol. The Bertz CT molecular complexity index is 540. The molecule has 0 bridgehead atoms. The highest BCUT2D eigenvalue weighted by molar-refractivity contribution is 7.99. The monoisotopic (exact) mass is 377 g/mol. The van der Waals surface area contributed by atoms with Crippen LogP contribution in [0.5, 0.6) is 0 Å². The van der Waals surface area contributed by atoms with Crippen molar-refractivity contribution in [3.8, 4) is 0 Å². The summed E-state index contributed by atoms with van der Waals surface area (Å²) in [5, 5.41) is 12.0. The number of aliphatic carboxylic acids is 1. The molecule has 0 aromatic heterocycles. The Hall–Kier alpha value is -1.37. The van der Waals surface area contributed by atoms with E-state index in [1.807, 2.05) is 30.3 Å². The van der Waals surface area contributed by atoms with E-state index in [0.717, 1.165) is 5.56 Å². The number of carboxylic acids is 1. The normalized spacial score (nSPS) is 12.5. The lowest BCUT2D eigenvalue weighted by molar-refractivity contribution is -0.139. The zero-order chi connectivity index (χ0) is 17.1. The first-order valence-electron chi connectivity index (χ1n) is 6.75. The van der Waals surface area contributed by atoms with Crippen molar-refractivity contribution >= 4 is 47.0 Å². The van der Waals surface area contributed by atoms with Crippen molar-refractivity contribution in [3.63, 3.8) is 0 Å². The van der Waals surface area contributed by atoms with Crippen LogP contribution in [0, 0.1) is 0 Å². The number of alkyl carbamates (subject to hydrolysis) is 1. The van der Waals surface area contributed by atoms with Gasteiger partial charge in [-0.05, 0) is 17.7 Å². The molecule has 0 fully saturated rings. The van der Waals surface area contributed by atoms with Crippen LogP contribution in [0.3, 0.4) is 0 Å². The largest absolute Gasteiger partial charge is 0.480 e. The SMILES string of the molecule is O=C(NC(CCSC/C(Cl)=C/Cl)C(=O)O)OCc1ccccc1. The number of amides is 1. The molecule has 8 heteroatoms. The second-order valence-corrected chi connectivity index (χ2v) is 6.30. The Morgan fingerprint density at radius 2 is 2.04 bits per heavy atom. The highest BCUT2D eigenvalue weighted by Crippen LogP contribution is 2.14. The van der Waals surface area contributed by atoms with Crippen LogP contribution in [0.2, 0.25) is 0 Å². The fourth-order valence-corrected chi connectivity index (χ4v) is 2.79. The first-order chi connectivity index (χ1) is 11.0. The van der Waals surface area contributed by atoms with Crippen molar-refractivity contribution < 1.29 is 19.4 Å². The van der Waals surface area contributed by atoms with Gasteiger partial charge >= 0.3 is 12.1 Å². The van der Waals surface area contributed by atoms with E-state index in [1.54, 1.807) is 0 Å². The molecule has 5 nitrogen and oxygen atoms in total.